The second-order valence-electron chi connectivity index (χ2n) is 6.41. The molecular formula is C20H18N6OS. The van der Waals surface area contributed by atoms with Crippen molar-refractivity contribution in [3.8, 4) is 10.6 Å². The number of morpholine rings is 1. The number of hydrogen-bond donors (Lipinski definition) is 1. The number of hydrogen-bond acceptors (Lipinski definition) is 8. The van der Waals surface area contributed by atoms with Crippen molar-refractivity contribution in [2.24, 2.45) is 0 Å². The van der Waals surface area contributed by atoms with Crippen molar-refractivity contribution < 1.29 is 4.74 Å². The van der Waals surface area contributed by atoms with Gasteiger partial charge in [0.25, 0.3) is 0 Å². The molecule has 1 aliphatic heterocycles. The van der Waals surface area contributed by atoms with Crippen LogP contribution in [0.4, 0.5) is 17.3 Å². The number of anilines is 3. The molecular weight excluding hydrogens is 372 g/mol. The first kappa shape index (κ1) is 17.0. The van der Waals surface area contributed by atoms with E-state index in [4.69, 9.17) is 4.74 Å². The Morgan fingerprint density at radius 2 is 1.86 bits per heavy atom. The van der Waals surface area contributed by atoms with Gasteiger partial charge >= 0.3 is 0 Å². The van der Waals surface area contributed by atoms with Crippen LogP contribution >= 0.6 is 11.3 Å². The normalized spacial score (nSPS) is 14.4. The van der Waals surface area contributed by atoms with Gasteiger partial charge in [-0.3, -0.25) is 0 Å². The third-order valence-corrected chi connectivity index (χ3v) is 5.59. The van der Waals surface area contributed by atoms with E-state index in [-0.39, 0.29) is 0 Å². The molecule has 1 aromatic carbocycles. The zero-order valence-corrected chi connectivity index (χ0v) is 15.9. The average molecular weight is 390 g/mol. The van der Waals surface area contributed by atoms with Crippen LogP contribution in [0.1, 0.15) is 0 Å². The quantitative estimate of drug-likeness (QED) is 0.569. The lowest BCUT2D eigenvalue weighted by Gasteiger charge is -2.27. The van der Waals surface area contributed by atoms with Crippen LogP contribution in [0.2, 0.25) is 0 Å². The van der Waals surface area contributed by atoms with Crippen molar-refractivity contribution in [1.82, 2.24) is 19.9 Å². The number of nitrogens with one attached hydrogen (secondary N) is 1. The first-order valence-corrected chi connectivity index (χ1v) is 9.90. The number of ether oxygens (including phenoxy) is 1. The smallest absolute Gasteiger partial charge is 0.143 e. The van der Waals surface area contributed by atoms with Gasteiger partial charge in [-0.25, -0.2) is 19.9 Å². The Kier molecular flexibility index (Phi) is 4.56. The van der Waals surface area contributed by atoms with Crippen LogP contribution in [0.25, 0.3) is 20.9 Å². The third kappa shape index (κ3) is 3.51. The Bertz CT molecular complexity index is 1060. The van der Waals surface area contributed by atoms with Crippen LogP contribution in [0.5, 0.6) is 0 Å². The number of pyridine rings is 1. The SMILES string of the molecule is c1cnc2sc(-c3ccc(Nc4cc(N5CCOCC5)ncn4)cc3)nc2c1. The molecule has 0 aliphatic carbocycles. The minimum Gasteiger partial charge on any atom is -0.378 e. The second-order valence-corrected chi connectivity index (χ2v) is 7.39. The van der Waals surface area contributed by atoms with Crippen molar-refractivity contribution in [3.05, 3.63) is 55.0 Å². The highest BCUT2D eigenvalue weighted by Gasteiger charge is 2.13. The van der Waals surface area contributed by atoms with E-state index in [9.17, 15) is 0 Å². The predicted octanol–water partition coefficient (Wildman–Crippen LogP) is 3.73. The Morgan fingerprint density at radius 1 is 1.00 bits per heavy atom. The Labute approximate surface area is 166 Å². The fourth-order valence-electron chi connectivity index (χ4n) is 3.12. The zero-order chi connectivity index (χ0) is 18.8. The van der Waals surface area contributed by atoms with E-state index >= 15 is 0 Å². The van der Waals surface area contributed by atoms with E-state index in [0.29, 0.717) is 0 Å². The lowest BCUT2D eigenvalue weighted by atomic mass is 10.2. The van der Waals surface area contributed by atoms with Crippen molar-refractivity contribution in [3.63, 3.8) is 0 Å². The summed E-state index contributed by atoms with van der Waals surface area (Å²) in [7, 11) is 0. The highest BCUT2D eigenvalue weighted by Crippen LogP contribution is 2.30. The summed E-state index contributed by atoms with van der Waals surface area (Å²) in [4.78, 5) is 20.9. The lowest BCUT2D eigenvalue weighted by Crippen LogP contribution is -2.36. The minimum absolute atomic E-state index is 0.732. The van der Waals surface area contributed by atoms with Gasteiger partial charge in [0, 0.05) is 36.6 Å². The van der Waals surface area contributed by atoms with Gasteiger partial charge in [-0.2, -0.15) is 0 Å². The lowest BCUT2D eigenvalue weighted by molar-refractivity contribution is 0.122. The number of rotatable bonds is 4. The summed E-state index contributed by atoms with van der Waals surface area (Å²) in [5, 5.41) is 4.32. The molecule has 8 heteroatoms. The average Bonchev–Trinajstić information content (AvgIpc) is 3.19. The van der Waals surface area contributed by atoms with Crippen molar-refractivity contribution in [2.75, 3.05) is 36.5 Å². The minimum atomic E-state index is 0.732. The molecule has 1 fully saturated rings. The maximum absolute atomic E-state index is 5.41. The molecule has 4 aromatic rings. The van der Waals surface area contributed by atoms with Gasteiger partial charge in [0.15, 0.2) is 0 Å². The first-order chi connectivity index (χ1) is 13.8. The molecule has 1 aliphatic rings. The molecule has 1 N–H and O–H groups in total. The molecule has 0 atom stereocenters. The molecule has 3 aromatic heterocycles. The highest BCUT2D eigenvalue weighted by atomic mass is 32.1. The van der Waals surface area contributed by atoms with Gasteiger partial charge in [-0.05, 0) is 36.4 Å². The molecule has 140 valence electrons. The van der Waals surface area contributed by atoms with Crippen LogP contribution < -0.4 is 10.2 Å². The highest BCUT2D eigenvalue weighted by molar-refractivity contribution is 7.21. The molecule has 1 saturated heterocycles. The van der Waals surface area contributed by atoms with E-state index in [1.54, 1.807) is 23.9 Å². The molecule has 0 amide bonds. The van der Waals surface area contributed by atoms with E-state index in [1.165, 1.54) is 0 Å². The number of benzene rings is 1. The Balaban J connectivity index is 1.33. The van der Waals surface area contributed by atoms with E-state index in [1.807, 2.05) is 30.3 Å². The van der Waals surface area contributed by atoms with Crippen LogP contribution in [0.15, 0.2) is 55.0 Å². The Hall–Kier alpha value is -3.10. The van der Waals surface area contributed by atoms with E-state index in [2.05, 4.69) is 42.3 Å². The number of aromatic nitrogens is 4. The molecule has 0 bridgehead atoms. The van der Waals surface area contributed by atoms with Crippen LogP contribution in [0, 0.1) is 0 Å². The van der Waals surface area contributed by atoms with Gasteiger partial charge in [-0.1, -0.05) is 11.3 Å². The molecule has 4 heterocycles. The van der Waals surface area contributed by atoms with Crippen LogP contribution in [0.3, 0.4) is 0 Å². The first-order valence-electron chi connectivity index (χ1n) is 9.09. The summed E-state index contributed by atoms with van der Waals surface area (Å²) in [6.07, 6.45) is 3.39. The monoisotopic (exact) mass is 390 g/mol. The molecule has 0 radical (unpaired) electrons. The fraction of sp³-hybridized carbons (Fsp3) is 0.200. The number of nitrogens with zero attached hydrogens (tertiary/aromatic N) is 5. The predicted molar refractivity (Wildman–Crippen MR) is 111 cm³/mol. The largest absolute Gasteiger partial charge is 0.378 e. The maximum atomic E-state index is 5.41. The van der Waals surface area contributed by atoms with E-state index in [0.717, 1.165) is 64.5 Å². The Morgan fingerprint density at radius 3 is 2.68 bits per heavy atom. The second kappa shape index (κ2) is 7.49. The molecule has 28 heavy (non-hydrogen) atoms. The van der Waals surface area contributed by atoms with Gasteiger partial charge in [0.2, 0.25) is 0 Å². The van der Waals surface area contributed by atoms with Crippen molar-refractivity contribution >= 4 is 39.0 Å². The summed E-state index contributed by atoms with van der Waals surface area (Å²) < 4.78 is 5.41. The van der Waals surface area contributed by atoms with Gasteiger partial charge in [0.1, 0.15) is 33.3 Å². The fourth-order valence-corrected chi connectivity index (χ4v) is 4.03. The summed E-state index contributed by atoms with van der Waals surface area (Å²) in [6, 6.07) is 14.1. The van der Waals surface area contributed by atoms with Gasteiger partial charge < -0.3 is 15.0 Å². The van der Waals surface area contributed by atoms with Crippen LogP contribution in [-0.4, -0.2) is 46.2 Å². The van der Waals surface area contributed by atoms with E-state index < -0.39 is 0 Å². The molecule has 0 saturated carbocycles. The number of fused-ring (bicyclic) bond motifs is 1. The third-order valence-electron chi connectivity index (χ3n) is 4.56. The standard InChI is InChI=1S/C20H18N6OS/c1-2-16-20(21-7-1)28-19(25-16)14-3-5-15(6-4-14)24-17-12-18(23-13-22-17)26-8-10-27-11-9-26/h1-7,12-13H,8-11H2,(H,22,23,24). The molecule has 5 rings (SSSR count). The zero-order valence-electron chi connectivity index (χ0n) is 15.1. The number of thiazole rings is 1. The summed E-state index contributed by atoms with van der Waals surface area (Å²) in [6.45, 7) is 3.16. The summed E-state index contributed by atoms with van der Waals surface area (Å²) in [5.41, 5.74) is 2.97. The summed E-state index contributed by atoms with van der Waals surface area (Å²) >= 11 is 1.60. The van der Waals surface area contributed by atoms with Crippen molar-refractivity contribution in [1.29, 1.82) is 0 Å². The molecule has 7 nitrogen and oxygen atoms in total. The molecule has 0 unspecified atom stereocenters. The van der Waals surface area contributed by atoms with Crippen LogP contribution in [-0.2, 0) is 4.74 Å². The molecule has 0 spiro atoms. The summed E-state index contributed by atoms with van der Waals surface area (Å²) in [5.74, 6) is 1.69. The van der Waals surface area contributed by atoms with Gasteiger partial charge in [0.05, 0.1) is 13.2 Å². The topological polar surface area (TPSA) is 76.1 Å². The van der Waals surface area contributed by atoms with Crippen molar-refractivity contribution in [2.45, 2.75) is 0 Å². The van der Waals surface area contributed by atoms with Gasteiger partial charge in [-0.15, -0.1) is 0 Å². The maximum Gasteiger partial charge on any atom is 0.143 e.